The molecular formula is C16H15N. The van der Waals surface area contributed by atoms with E-state index in [9.17, 15) is 0 Å². The number of hydrogen-bond donors (Lipinski definition) is 1. The van der Waals surface area contributed by atoms with E-state index in [2.05, 4.69) is 30.9 Å². The van der Waals surface area contributed by atoms with Crippen LogP contribution in [0.25, 0.3) is 0 Å². The third-order valence-corrected chi connectivity index (χ3v) is 2.64. The summed E-state index contributed by atoms with van der Waals surface area (Å²) in [6.45, 7) is 2.14. The van der Waals surface area contributed by atoms with Gasteiger partial charge in [0.2, 0.25) is 0 Å². The molecule has 0 unspecified atom stereocenters. The number of nitrogens with two attached hydrogens (primary N) is 1. The normalized spacial score (nSPS) is 9.47. The molecule has 0 atom stereocenters. The minimum Gasteiger partial charge on any atom is -0.398 e. The zero-order valence-electron chi connectivity index (χ0n) is 9.90. The Balaban J connectivity index is 2.30. The van der Waals surface area contributed by atoms with Gasteiger partial charge in [0.1, 0.15) is 0 Å². The Bertz CT molecular complexity index is 573. The largest absolute Gasteiger partial charge is 0.398 e. The van der Waals surface area contributed by atoms with Gasteiger partial charge >= 0.3 is 0 Å². The van der Waals surface area contributed by atoms with Crippen molar-refractivity contribution in [3.63, 3.8) is 0 Å². The second-order valence-electron chi connectivity index (χ2n) is 3.89. The molecule has 2 aromatic rings. The van der Waals surface area contributed by atoms with Crippen LogP contribution in [-0.2, 0) is 6.42 Å². The van der Waals surface area contributed by atoms with Crippen molar-refractivity contribution in [2.75, 3.05) is 5.73 Å². The quantitative estimate of drug-likeness (QED) is 0.580. The first-order valence-electron chi connectivity index (χ1n) is 5.75. The van der Waals surface area contributed by atoms with Gasteiger partial charge in [0.05, 0.1) is 0 Å². The summed E-state index contributed by atoms with van der Waals surface area (Å²) in [6.07, 6.45) is 1.03. The van der Waals surface area contributed by atoms with Crippen molar-refractivity contribution in [3.05, 3.63) is 65.2 Å². The maximum absolute atomic E-state index is 5.84. The Hall–Kier alpha value is -2.20. The number of rotatable bonds is 1. The van der Waals surface area contributed by atoms with Crippen molar-refractivity contribution < 1.29 is 0 Å². The Morgan fingerprint density at radius 1 is 1.00 bits per heavy atom. The van der Waals surface area contributed by atoms with Crippen LogP contribution >= 0.6 is 0 Å². The first-order valence-corrected chi connectivity index (χ1v) is 5.75. The SMILES string of the molecule is CCc1cccc(C#Cc2ccccc2N)c1. The van der Waals surface area contributed by atoms with Gasteiger partial charge in [0.25, 0.3) is 0 Å². The lowest BCUT2D eigenvalue weighted by Gasteiger charge is -1.97. The van der Waals surface area contributed by atoms with Crippen molar-refractivity contribution >= 4 is 5.69 Å². The summed E-state index contributed by atoms with van der Waals surface area (Å²) in [4.78, 5) is 0. The smallest absolute Gasteiger partial charge is 0.0478 e. The van der Waals surface area contributed by atoms with Crippen molar-refractivity contribution in [1.82, 2.24) is 0 Å². The van der Waals surface area contributed by atoms with E-state index in [4.69, 9.17) is 5.73 Å². The first kappa shape index (κ1) is 11.3. The molecular weight excluding hydrogens is 206 g/mol. The van der Waals surface area contributed by atoms with E-state index in [1.54, 1.807) is 0 Å². The Morgan fingerprint density at radius 2 is 1.82 bits per heavy atom. The van der Waals surface area contributed by atoms with Crippen LogP contribution in [0, 0.1) is 11.8 Å². The lowest BCUT2D eigenvalue weighted by atomic mass is 10.1. The van der Waals surface area contributed by atoms with Crippen LogP contribution in [0.3, 0.4) is 0 Å². The van der Waals surface area contributed by atoms with Crippen LogP contribution < -0.4 is 5.73 Å². The number of para-hydroxylation sites is 1. The van der Waals surface area contributed by atoms with Crippen LogP contribution in [0.1, 0.15) is 23.6 Å². The number of anilines is 1. The molecule has 0 fully saturated rings. The molecule has 0 aliphatic heterocycles. The average Bonchev–Trinajstić information content (AvgIpc) is 2.38. The Labute approximate surface area is 102 Å². The molecule has 0 aromatic heterocycles. The van der Waals surface area contributed by atoms with Crippen LogP contribution in [0.5, 0.6) is 0 Å². The molecule has 1 nitrogen and oxygen atoms in total. The van der Waals surface area contributed by atoms with Crippen molar-refractivity contribution in [2.24, 2.45) is 0 Å². The zero-order chi connectivity index (χ0) is 12.1. The fourth-order valence-electron chi connectivity index (χ4n) is 1.62. The van der Waals surface area contributed by atoms with Gasteiger partial charge < -0.3 is 5.73 Å². The molecule has 0 aliphatic rings. The third kappa shape index (κ3) is 2.89. The van der Waals surface area contributed by atoms with Gasteiger partial charge in [-0.25, -0.2) is 0 Å². The minimum atomic E-state index is 0.728. The second-order valence-corrected chi connectivity index (χ2v) is 3.89. The summed E-state index contributed by atoms with van der Waals surface area (Å²) in [5.74, 6) is 6.25. The highest BCUT2D eigenvalue weighted by Gasteiger charge is 1.93. The molecule has 0 saturated heterocycles. The average molecular weight is 221 g/mol. The highest BCUT2D eigenvalue weighted by atomic mass is 14.5. The molecule has 0 radical (unpaired) electrons. The number of benzene rings is 2. The number of nitrogen functional groups attached to an aromatic ring is 1. The van der Waals surface area contributed by atoms with Crippen LogP contribution in [0.2, 0.25) is 0 Å². The standard InChI is InChI=1S/C16H15N/c1-2-13-6-5-7-14(12-13)10-11-15-8-3-4-9-16(15)17/h3-9,12H,2,17H2,1H3. The summed E-state index contributed by atoms with van der Waals surface area (Å²) in [5.41, 5.74) is 9.79. The zero-order valence-corrected chi connectivity index (χ0v) is 9.90. The summed E-state index contributed by atoms with van der Waals surface area (Å²) in [6, 6.07) is 16.0. The molecule has 84 valence electrons. The van der Waals surface area contributed by atoms with Crippen molar-refractivity contribution in [2.45, 2.75) is 13.3 Å². The Morgan fingerprint density at radius 3 is 2.59 bits per heavy atom. The number of aryl methyl sites for hydroxylation is 1. The predicted molar refractivity (Wildman–Crippen MR) is 72.7 cm³/mol. The van der Waals surface area contributed by atoms with Gasteiger partial charge in [-0.05, 0) is 36.2 Å². The van der Waals surface area contributed by atoms with Gasteiger partial charge in [-0.15, -0.1) is 0 Å². The van der Waals surface area contributed by atoms with E-state index in [1.165, 1.54) is 5.56 Å². The van der Waals surface area contributed by atoms with Gasteiger partial charge in [0.15, 0.2) is 0 Å². The maximum Gasteiger partial charge on any atom is 0.0478 e. The van der Waals surface area contributed by atoms with E-state index < -0.39 is 0 Å². The minimum absolute atomic E-state index is 0.728. The van der Waals surface area contributed by atoms with E-state index >= 15 is 0 Å². The summed E-state index contributed by atoms with van der Waals surface area (Å²) >= 11 is 0. The van der Waals surface area contributed by atoms with Crippen LogP contribution in [0.15, 0.2) is 48.5 Å². The first-order chi connectivity index (χ1) is 8.29. The molecule has 2 aromatic carbocycles. The molecule has 17 heavy (non-hydrogen) atoms. The van der Waals surface area contributed by atoms with Crippen LogP contribution in [-0.4, -0.2) is 0 Å². The lowest BCUT2D eigenvalue weighted by molar-refractivity contribution is 1.14. The van der Waals surface area contributed by atoms with E-state index in [0.717, 1.165) is 23.2 Å². The summed E-state index contributed by atoms with van der Waals surface area (Å²) < 4.78 is 0. The monoisotopic (exact) mass is 221 g/mol. The maximum atomic E-state index is 5.84. The van der Waals surface area contributed by atoms with Crippen molar-refractivity contribution in [1.29, 1.82) is 0 Å². The molecule has 0 aliphatic carbocycles. The molecule has 0 saturated carbocycles. The fourth-order valence-corrected chi connectivity index (χ4v) is 1.62. The molecule has 2 N–H and O–H groups in total. The molecule has 0 bridgehead atoms. The fraction of sp³-hybridized carbons (Fsp3) is 0.125. The third-order valence-electron chi connectivity index (χ3n) is 2.64. The Kier molecular flexibility index (Phi) is 3.47. The summed E-state index contributed by atoms with van der Waals surface area (Å²) in [7, 11) is 0. The van der Waals surface area contributed by atoms with Gasteiger partial charge in [-0.2, -0.15) is 0 Å². The number of hydrogen-bond acceptors (Lipinski definition) is 1. The summed E-state index contributed by atoms with van der Waals surface area (Å²) in [5, 5.41) is 0. The molecule has 0 spiro atoms. The van der Waals surface area contributed by atoms with Crippen molar-refractivity contribution in [3.8, 4) is 11.8 Å². The van der Waals surface area contributed by atoms with Crippen LogP contribution in [0.4, 0.5) is 5.69 Å². The van der Waals surface area contributed by atoms with Gasteiger partial charge in [-0.1, -0.05) is 43.0 Å². The highest BCUT2D eigenvalue weighted by Crippen LogP contribution is 2.09. The van der Waals surface area contributed by atoms with E-state index in [1.807, 2.05) is 36.4 Å². The van der Waals surface area contributed by atoms with Gasteiger partial charge in [0, 0.05) is 16.8 Å². The molecule has 0 heterocycles. The second kappa shape index (κ2) is 5.23. The van der Waals surface area contributed by atoms with Gasteiger partial charge in [-0.3, -0.25) is 0 Å². The molecule has 1 heteroatoms. The topological polar surface area (TPSA) is 26.0 Å². The van der Waals surface area contributed by atoms with E-state index in [-0.39, 0.29) is 0 Å². The highest BCUT2D eigenvalue weighted by molar-refractivity contribution is 5.57. The predicted octanol–water partition coefficient (Wildman–Crippen LogP) is 3.23. The molecule has 0 amide bonds. The van der Waals surface area contributed by atoms with E-state index in [0.29, 0.717) is 0 Å². The lowest BCUT2D eigenvalue weighted by Crippen LogP contribution is -1.88. The molecule has 2 rings (SSSR count).